The van der Waals surface area contributed by atoms with E-state index in [0.29, 0.717) is 0 Å². The molecule has 1 aromatic heterocycles. The van der Waals surface area contributed by atoms with Crippen LogP contribution in [0.1, 0.15) is 37.1 Å². The molecule has 1 aliphatic heterocycles. The predicted molar refractivity (Wildman–Crippen MR) is 87.3 cm³/mol. The average molecular weight is 291 g/mol. The third-order valence-corrected chi connectivity index (χ3v) is 4.30. The molecule has 4 nitrogen and oxygen atoms in total. The molecule has 1 fully saturated rings. The van der Waals surface area contributed by atoms with Gasteiger partial charge >= 0.3 is 0 Å². The highest BCUT2D eigenvalue weighted by molar-refractivity contribution is 5.21. The summed E-state index contributed by atoms with van der Waals surface area (Å²) in [5.74, 6) is 0.830. The van der Waals surface area contributed by atoms with Crippen LogP contribution in [-0.2, 0) is 6.42 Å². The van der Waals surface area contributed by atoms with Gasteiger partial charge in [0.1, 0.15) is 5.76 Å². The fourth-order valence-electron chi connectivity index (χ4n) is 2.67. The standard InChI is InChI=1S/C17H29N3O/c1-14(2)17(18)16-12-15(13-21-16)6-4-5-7-20-10-8-19(3)9-11-20/h12-13,17H,1,4-11,18H2,2-3H3/t17-/m1/s1. The molecule has 2 rings (SSSR count). The van der Waals surface area contributed by atoms with E-state index >= 15 is 0 Å². The van der Waals surface area contributed by atoms with Crippen LogP contribution in [0, 0.1) is 0 Å². The maximum Gasteiger partial charge on any atom is 0.124 e. The van der Waals surface area contributed by atoms with E-state index in [9.17, 15) is 0 Å². The fraction of sp³-hybridized carbons (Fsp3) is 0.647. The van der Waals surface area contributed by atoms with Gasteiger partial charge in [-0.25, -0.2) is 0 Å². The van der Waals surface area contributed by atoms with Gasteiger partial charge in [0.2, 0.25) is 0 Å². The van der Waals surface area contributed by atoms with Gasteiger partial charge in [-0.2, -0.15) is 0 Å². The second-order valence-electron chi connectivity index (χ2n) is 6.28. The largest absolute Gasteiger partial charge is 0.467 e. The second kappa shape index (κ2) is 7.78. The highest BCUT2D eigenvalue weighted by atomic mass is 16.3. The van der Waals surface area contributed by atoms with Gasteiger partial charge in [-0.3, -0.25) is 0 Å². The number of rotatable bonds is 7. The Morgan fingerprint density at radius 1 is 1.33 bits per heavy atom. The number of nitrogens with zero attached hydrogens (tertiary/aromatic N) is 2. The van der Waals surface area contributed by atoms with Crippen molar-refractivity contribution >= 4 is 0 Å². The van der Waals surface area contributed by atoms with Crippen molar-refractivity contribution in [3.8, 4) is 0 Å². The van der Waals surface area contributed by atoms with E-state index in [-0.39, 0.29) is 6.04 Å². The number of aryl methyl sites for hydroxylation is 1. The minimum Gasteiger partial charge on any atom is -0.467 e. The zero-order chi connectivity index (χ0) is 15.2. The Balaban J connectivity index is 1.66. The molecular formula is C17H29N3O. The summed E-state index contributed by atoms with van der Waals surface area (Å²) >= 11 is 0. The Hall–Kier alpha value is -1.10. The lowest BCUT2D eigenvalue weighted by molar-refractivity contribution is 0.152. The second-order valence-corrected chi connectivity index (χ2v) is 6.28. The number of hydrogen-bond donors (Lipinski definition) is 1. The summed E-state index contributed by atoms with van der Waals surface area (Å²) in [5, 5.41) is 0. The van der Waals surface area contributed by atoms with Crippen LogP contribution in [0.5, 0.6) is 0 Å². The summed E-state index contributed by atoms with van der Waals surface area (Å²) in [6, 6.07) is 1.90. The van der Waals surface area contributed by atoms with Crippen LogP contribution >= 0.6 is 0 Å². The molecule has 0 aliphatic carbocycles. The molecule has 2 heterocycles. The highest BCUT2D eigenvalue weighted by Gasteiger charge is 2.13. The zero-order valence-corrected chi connectivity index (χ0v) is 13.5. The zero-order valence-electron chi connectivity index (χ0n) is 13.5. The summed E-state index contributed by atoms with van der Waals surface area (Å²) in [6.45, 7) is 11.8. The van der Waals surface area contributed by atoms with Crippen LogP contribution < -0.4 is 5.73 Å². The van der Waals surface area contributed by atoms with E-state index in [1.54, 1.807) is 0 Å². The smallest absolute Gasteiger partial charge is 0.124 e. The molecule has 1 aromatic rings. The summed E-state index contributed by atoms with van der Waals surface area (Å²) < 4.78 is 5.54. The topological polar surface area (TPSA) is 45.6 Å². The Bertz CT molecular complexity index is 447. The predicted octanol–water partition coefficient (Wildman–Crippen LogP) is 2.43. The first kappa shape index (κ1) is 16.3. The normalized spacial score (nSPS) is 18.8. The molecule has 0 saturated carbocycles. The third-order valence-electron chi connectivity index (χ3n) is 4.30. The molecule has 21 heavy (non-hydrogen) atoms. The van der Waals surface area contributed by atoms with Gasteiger partial charge < -0.3 is 20.0 Å². The van der Waals surface area contributed by atoms with Crippen molar-refractivity contribution in [3.05, 3.63) is 35.8 Å². The molecule has 0 spiro atoms. The number of nitrogens with two attached hydrogens (primary N) is 1. The molecule has 0 radical (unpaired) electrons. The summed E-state index contributed by atoms with van der Waals surface area (Å²) in [6.07, 6.45) is 5.36. The summed E-state index contributed by atoms with van der Waals surface area (Å²) in [7, 11) is 2.20. The first-order chi connectivity index (χ1) is 10.1. The maximum absolute atomic E-state index is 6.01. The van der Waals surface area contributed by atoms with Crippen molar-refractivity contribution < 1.29 is 4.42 Å². The molecule has 0 unspecified atom stereocenters. The number of likely N-dealkylation sites (N-methyl/N-ethyl adjacent to an activating group) is 1. The van der Waals surface area contributed by atoms with Gasteiger partial charge in [0.15, 0.2) is 0 Å². The molecular weight excluding hydrogens is 262 g/mol. The monoisotopic (exact) mass is 291 g/mol. The quantitative estimate of drug-likeness (QED) is 0.619. The summed E-state index contributed by atoms with van der Waals surface area (Å²) in [5.41, 5.74) is 8.20. The van der Waals surface area contributed by atoms with Crippen molar-refractivity contribution in [2.75, 3.05) is 39.8 Å². The van der Waals surface area contributed by atoms with Crippen LogP contribution in [0.2, 0.25) is 0 Å². The Labute approximate surface area is 128 Å². The van der Waals surface area contributed by atoms with Gasteiger partial charge in [0.05, 0.1) is 12.3 Å². The van der Waals surface area contributed by atoms with Crippen LogP contribution in [0.15, 0.2) is 28.9 Å². The highest BCUT2D eigenvalue weighted by Crippen LogP contribution is 2.20. The average Bonchev–Trinajstić information content (AvgIpc) is 2.93. The van der Waals surface area contributed by atoms with Crippen molar-refractivity contribution in [2.24, 2.45) is 5.73 Å². The molecule has 4 heteroatoms. The fourth-order valence-corrected chi connectivity index (χ4v) is 2.67. The van der Waals surface area contributed by atoms with Gasteiger partial charge in [-0.1, -0.05) is 12.2 Å². The molecule has 2 N–H and O–H groups in total. The maximum atomic E-state index is 6.01. The van der Waals surface area contributed by atoms with Crippen molar-refractivity contribution in [1.29, 1.82) is 0 Å². The first-order valence-corrected chi connectivity index (χ1v) is 7.95. The van der Waals surface area contributed by atoms with E-state index in [1.807, 2.05) is 13.2 Å². The van der Waals surface area contributed by atoms with Gasteiger partial charge in [0.25, 0.3) is 0 Å². The molecule has 0 bridgehead atoms. The molecule has 0 aromatic carbocycles. The lowest BCUT2D eigenvalue weighted by atomic mass is 10.1. The van der Waals surface area contributed by atoms with E-state index < -0.39 is 0 Å². The van der Waals surface area contributed by atoms with Gasteiger partial charge in [0, 0.05) is 26.2 Å². The lowest BCUT2D eigenvalue weighted by Crippen LogP contribution is -2.44. The number of furan rings is 1. The molecule has 118 valence electrons. The van der Waals surface area contributed by atoms with Crippen molar-refractivity contribution in [1.82, 2.24) is 9.80 Å². The molecule has 1 aliphatic rings. The minimum atomic E-state index is -0.177. The number of piperazine rings is 1. The van der Waals surface area contributed by atoms with Gasteiger partial charge in [-0.05, 0) is 51.4 Å². The lowest BCUT2D eigenvalue weighted by Gasteiger charge is -2.32. The van der Waals surface area contributed by atoms with Gasteiger partial charge in [-0.15, -0.1) is 0 Å². The van der Waals surface area contributed by atoms with Crippen LogP contribution in [0.3, 0.4) is 0 Å². The minimum absolute atomic E-state index is 0.177. The van der Waals surface area contributed by atoms with E-state index in [0.717, 1.165) is 17.8 Å². The van der Waals surface area contributed by atoms with Crippen LogP contribution in [0.4, 0.5) is 0 Å². The van der Waals surface area contributed by atoms with E-state index in [1.165, 1.54) is 51.1 Å². The number of unbranched alkanes of at least 4 members (excludes halogenated alkanes) is 1. The Kier molecular flexibility index (Phi) is 6.03. The first-order valence-electron chi connectivity index (χ1n) is 7.95. The van der Waals surface area contributed by atoms with E-state index in [4.69, 9.17) is 10.2 Å². The Morgan fingerprint density at radius 2 is 2.05 bits per heavy atom. The van der Waals surface area contributed by atoms with Crippen LogP contribution in [0.25, 0.3) is 0 Å². The van der Waals surface area contributed by atoms with Crippen molar-refractivity contribution in [3.63, 3.8) is 0 Å². The third kappa shape index (κ3) is 4.99. The molecule has 1 saturated heterocycles. The molecule has 1 atom stereocenters. The van der Waals surface area contributed by atoms with Crippen molar-refractivity contribution in [2.45, 2.75) is 32.2 Å². The van der Waals surface area contributed by atoms with Crippen LogP contribution in [-0.4, -0.2) is 49.6 Å². The SMILES string of the molecule is C=C(C)[C@@H](N)c1cc(CCCCN2CCN(C)CC2)co1. The number of hydrogen-bond acceptors (Lipinski definition) is 4. The molecule has 0 amide bonds. The van der Waals surface area contributed by atoms with E-state index in [2.05, 4.69) is 29.5 Å². The Morgan fingerprint density at radius 3 is 2.71 bits per heavy atom. The summed E-state index contributed by atoms with van der Waals surface area (Å²) in [4.78, 5) is 4.96.